The van der Waals surface area contributed by atoms with E-state index < -0.39 is 62.1 Å². The van der Waals surface area contributed by atoms with E-state index in [9.17, 15) is 83.4 Å². The molecular weight excluding hydrogens is 515 g/mol. The van der Waals surface area contributed by atoms with Crippen molar-refractivity contribution in [3.05, 3.63) is 0 Å². The lowest BCUT2D eigenvalue weighted by atomic mass is 10.3. The van der Waals surface area contributed by atoms with Crippen LogP contribution >= 0.6 is 10.2 Å². The molecule has 30 heavy (non-hydrogen) atoms. The Morgan fingerprint density at radius 1 is 0.400 bits per heavy atom. The smallest absolute Gasteiger partial charge is 0.215 e. The third kappa shape index (κ3) is 3.00. The first-order valence-electron chi connectivity index (χ1n) is 6.11. The minimum absolute atomic E-state index is 0.734. The number of hydrogen-bond donors (Lipinski definition) is 0. The topological polar surface area (TPSA) is 12.4 Å². The summed E-state index contributed by atoms with van der Waals surface area (Å²) in [4.78, 5) is 0. The van der Waals surface area contributed by atoms with Gasteiger partial charge in [0.05, 0.1) is 0 Å². The second kappa shape index (κ2) is 6.14. The van der Waals surface area contributed by atoms with Crippen molar-refractivity contribution < 1.29 is 83.4 Å². The molecule has 0 saturated heterocycles. The van der Waals surface area contributed by atoms with E-state index in [1.807, 2.05) is 0 Å². The largest absolute Gasteiger partial charge is 0.460 e. The average molecular weight is 515 g/mol. The molecule has 1 aliphatic rings. The first-order chi connectivity index (χ1) is 12.6. The van der Waals surface area contributed by atoms with Crippen LogP contribution in [0.2, 0.25) is 0 Å². The molecule has 1 heterocycles. The first kappa shape index (κ1) is 26.7. The van der Waals surface area contributed by atoms with E-state index in [0.29, 0.717) is 0 Å². The molecule has 1 rings (SSSR count). The molecule has 21 heteroatoms. The van der Waals surface area contributed by atoms with Gasteiger partial charge in [-0.25, -0.2) is 13.2 Å². The van der Waals surface area contributed by atoms with Gasteiger partial charge in [-0.3, -0.25) is 0 Å². The second-order valence-corrected chi connectivity index (χ2v) is 8.08. The maximum Gasteiger partial charge on any atom is 0.460 e. The molecule has 0 bridgehead atoms. The maximum absolute atomic E-state index is 14.1. The fourth-order valence-corrected chi connectivity index (χ4v) is 5.60. The Bertz CT molecular complexity index is 647. The van der Waals surface area contributed by atoms with Crippen LogP contribution in [0.25, 0.3) is 0 Å². The third-order valence-electron chi connectivity index (χ3n) is 3.36. The average Bonchev–Trinajstić information content (AvgIpc) is 3.16. The Morgan fingerprint density at radius 3 is 0.800 bits per heavy atom. The van der Waals surface area contributed by atoms with Crippen LogP contribution in [-0.4, -0.2) is 51.8 Å². The summed E-state index contributed by atoms with van der Waals surface area (Å²) in [6.45, 7) is 0. The molecule has 0 amide bonds. The zero-order valence-corrected chi connectivity index (χ0v) is 13.4. The molecule has 0 aromatic carbocycles. The Morgan fingerprint density at radius 2 is 0.633 bits per heavy atom. The molecule has 0 atom stereocenters. The highest BCUT2D eigenvalue weighted by Crippen LogP contribution is 2.91. The van der Waals surface area contributed by atoms with Gasteiger partial charge in [-0.2, -0.15) is 74.6 Å². The molecular formula is C9F19NS. The summed E-state index contributed by atoms with van der Waals surface area (Å²) in [6, 6.07) is 0. The lowest BCUT2D eigenvalue weighted by Gasteiger charge is -2.47. The summed E-state index contributed by atoms with van der Waals surface area (Å²) in [5.41, 5.74) is 0. The van der Waals surface area contributed by atoms with Crippen LogP contribution in [0.3, 0.4) is 0 Å². The number of halogens is 19. The molecule has 0 aliphatic carbocycles. The van der Waals surface area contributed by atoms with E-state index in [4.69, 9.17) is 0 Å². The van der Waals surface area contributed by atoms with Gasteiger partial charge >= 0.3 is 46.8 Å². The highest BCUT2D eigenvalue weighted by atomic mass is 32.3. The Hall–Kier alpha value is -1.31. The van der Waals surface area contributed by atoms with Gasteiger partial charge in [-0.05, 0) is 0 Å². The van der Waals surface area contributed by atoms with Gasteiger partial charge in [-0.1, -0.05) is 0 Å². The Balaban J connectivity index is 4.21. The predicted molar refractivity (Wildman–Crippen MR) is 57.9 cm³/mol. The van der Waals surface area contributed by atoms with E-state index in [1.165, 1.54) is 0 Å². The summed E-state index contributed by atoms with van der Waals surface area (Å²) in [7, 11) is -8.79. The molecule has 0 unspecified atom stereocenters. The quantitative estimate of drug-likeness (QED) is 0.363. The number of nitrogens with zero attached hydrogens (tertiary/aromatic N) is 1. The van der Waals surface area contributed by atoms with Gasteiger partial charge in [0.1, 0.15) is 0 Å². The molecule has 0 spiro atoms. The van der Waals surface area contributed by atoms with Crippen molar-refractivity contribution in [3.8, 4) is 0 Å². The molecule has 0 aromatic rings. The summed E-state index contributed by atoms with van der Waals surface area (Å²) < 4.78 is 245. The second-order valence-electron chi connectivity index (χ2n) is 5.23. The zero-order valence-electron chi connectivity index (χ0n) is 12.5. The van der Waals surface area contributed by atoms with Crippen molar-refractivity contribution in [2.75, 3.05) is 0 Å². The van der Waals surface area contributed by atoms with Crippen LogP contribution in [0.1, 0.15) is 0 Å². The SMILES string of the molecule is FC(F)(F)C(F)(F)C1=NS1(C(F)(C(F)(F)F)C(F)(F)F)C(F)(C(F)(F)F)C(F)(F)F. The van der Waals surface area contributed by atoms with Crippen molar-refractivity contribution >= 4 is 15.3 Å². The molecule has 1 nitrogen and oxygen atoms in total. The Labute approximate surface area is 151 Å². The van der Waals surface area contributed by atoms with Gasteiger partial charge in [-0.15, -0.1) is 0 Å². The van der Waals surface area contributed by atoms with E-state index in [1.54, 1.807) is 0 Å². The Kier molecular flexibility index (Phi) is 5.47. The molecule has 0 saturated carbocycles. The van der Waals surface area contributed by atoms with Gasteiger partial charge in [0, 0.05) is 10.2 Å². The zero-order chi connectivity index (χ0) is 24.8. The van der Waals surface area contributed by atoms with Gasteiger partial charge in [0.25, 0.3) is 0 Å². The van der Waals surface area contributed by atoms with Crippen LogP contribution in [-0.2, 0) is 0 Å². The van der Waals surface area contributed by atoms with E-state index in [-0.39, 0.29) is 0 Å². The number of rotatable bonds is 3. The minimum atomic E-state index is -8.79. The number of hydrogen-bond acceptors (Lipinski definition) is 1. The van der Waals surface area contributed by atoms with Gasteiger partial charge < -0.3 is 0 Å². The highest BCUT2D eigenvalue weighted by molar-refractivity contribution is 8.52. The highest BCUT2D eigenvalue weighted by Gasteiger charge is 3.00. The minimum Gasteiger partial charge on any atom is -0.215 e. The van der Waals surface area contributed by atoms with Crippen molar-refractivity contribution in [2.45, 2.75) is 46.8 Å². The molecule has 1 aliphatic heterocycles. The van der Waals surface area contributed by atoms with Crippen molar-refractivity contribution in [1.82, 2.24) is 0 Å². The molecule has 0 aromatic heterocycles. The van der Waals surface area contributed by atoms with Crippen LogP contribution in [0.5, 0.6) is 0 Å². The van der Waals surface area contributed by atoms with Crippen molar-refractivity contribution in [2.24, 2.45) is 4.40 Å². The van der Waals surface area contributed by atoms with Crippen LogP contribution in [0.15, 0.2) is 4.40 Å². The van der Waals surface area contributed by atoms with Crippen molar-refractivity contribution in [3.63, 3.8) is 0 Å². The van der Waals surface area contributed by atoms with Crippen LogP contribution < -0.4 is 0 Å². The summed E-state index contributed by atoms with van der Waals surface area (Å²) in [5, 5.41) is -21.0. The van der Waals surface area contributed by atoms with Gasteiger partial charge in [0.15, 0.2) is 5.04 Å². The fourth-order valence-electron chi connectivity index (χ4n) is 2.05. The molecule has 180 valence electrons. The lowest BCUT2D eigenvalue weighted by Crippen LogP contribution is -2.66. The fraction of sp³-hybridized carbons (Fsp3) is 0.889. The number of alkyl halides is 19. The monoisotopic (exact) mass is 515 g/mol. The van der Waals surface area contributed by atoms with E-state index in [0.717, 1.165) is 4.40 Å². The van der Waals surface area contributed by atoms with E-state index >= 15 is 0 Å². The maximum atomic E-state index is 14.1. The van der Waals surface area contributed by atoms with E-state index in [2.05, 4.69) is 0 Å². The first-order valence-corrected chi connectivity index (χ1v) is 7.70. The lowest BCUT2D eigenvalue weighted by molar-refractivity contribution is -0.321. The molecule has 0 N–H and O–H groups in total. The van der Waals surface area contributed by atoms with Crippen LogP contribution in [0.4, 0.5) is 83.4 Å². The van der Waals surface area contributed by atoms with Crippen LogP contribution in [0, 0.1) is 0 Å². The summed E-state index contributed by atoms with van der Waals surface area (Å²) in [5.74, 6) is -7.43. The summed E-state index contributed by atoms with van der Waals surface area (Å²) >= 11 is 0. The third-order valence-corrected chi connectivity index (χ3v) is 7.11. The summed E-state index contributed by atoms with van der Waals surface area (Å²) in [6.07, 6.45) is -39.9. The molecule has 0 fully saturated rings. The van der Waals surface area contributed by atoms with Crippen molar-refractivity contribution in [1.29, 1.82) is 0 Å². The van der Waals surface area contributed by atoms with Gasteiger partial charge in [0.2, 0.25) is 0 Å². The molecule has 0 radical (unpaired) electrons. The normalized spacial score (nSPS) is 20.7. The predicted octanol–water partition coefficient (Wildman–Crippen LogP) is 6.90. The standard InChI is InChI=1S/C9F19NS/c10-2(11,5(14,15)16)1-29-30(1,3(12,6(17,18)19)7(20,21)22)4(13,8(23,24)25)9(26,27)28.